The van der Waals surface area contributed by atoms with Crippen molar-refractivity contribution < 1.29 is 22.8 Å². The molecule has 3 aromatic rings. The Hall–Kier alpha value is -3.64. The molecule has 2 heterocycles. The summed E-state index contributed by atoms with van der Waals surface area (Å²) in [5.41, 5.74) is 1.85. The molecule has 0 saturated heterocycles. The van der Waals surface area contributed by atoms with Gasteiger partial charge < -0.3 is 15.5 Å². The van der Waals surface area contributed by atoms with Gasteiger partial charge in [-0.25, -0.2) is 9.97 Å². The highest BCUT2D eigenvalue weighted by atomic mass is 32.1. The zero-order valence-electron chi connectivity index (χ0n) is 19.1. The molecule has 1 atom stereocenters. The molecule has 8 nitrogen and oxygen atoms in total. The molecule has 2 amide bonds. The number of aromatic nitrogens is 3. The molecule has 2 aromatic heterocycles. The van der Waals surface area contributed by atoms with Crippen LogP contribution in [-0.4, -0.2) is 52.3 Å². The number of alkyl halides is 3. The van der Waals surface area contributed by atoms with E-state index in [-0.39, 0.29) is 11.0 Å². The highest BCUT2D eigenvalue weighted by Crippen LogP contribution is 2.35. The predicted octanol–water partition coefficient (Wildman–Crippen LogP) is 4.42. The molecule has 0 radical (unpaired) electrons. The Bertz CT molecular complexity index is 1210. The number of halogens is 3. The fourth-order valence-electron chi connectivity index (χ4n) is 2.88. The van der Waals surface area contributed by atoms with E-state index in [1.807, 2.05) is 19.0 Å². The first-order valence-corrected chi connectivity index (χ1v) is 11.2. The van der Waals surface area contributed by atoms with E-state index >= 15 is 0 Å². The summed E-state index contributed by atoms with van der Waals surface area (Å²) in [6.45, 7) is 2.27. The summed E-state index contributed by atoms with van der Waals surface area (Å²) in [7, 11) is 3.78. The zero-order chi connectivity index (χ0) is 25.6. The van der Waals surface area contributed by atoms with Crippen LogP contribution in [0.25, 0.3) is 11.3 Å². The molecule has 0 fully saturated rings. The molecule has 35 heavy (non-hydrogen) atoms. The van der Waals surface area contributed by atoms with Gasteiger partial charge in [0.05, 0.1) is 30.2 Å². The number of carbonyl (C=O) groups is 2. The normalized spacial score (nSPS) is 12.7. The van der Waals surface area contributed by atoms with Gasteiger partial charge in [0.25, 0.3) is 0 Å². The highest BCUT2D eigenvalue weighted by Gasteiger charge is 2.33. The van der Waals surface area contributed by atoms with Crippen molar-refractivity contribution in [2.24, 2.45) is 0 Å². The van der Waals surface area contributed by atoms with Crippen molar-refractivity contribution in [3.8, 4) is 11.3 Å². The number of likely N-dealkylation sites (N-methyl/N-ethyl adjacent to an activating group) is 1. The molecular weight excluding hydrogens is 481 g/mol. The topological polar surface area (TPSA) is 100 Å². The van der Waals surface area contributed by atoms with E-state index in [4.69, 9.17) is 0 Å². The lowest BCUT2D eigenvalue weighted by Gasteiger charge is -2.12. The van der Waals surface area contributed by atoms with E-state index in [0.29, 0.717) is 46.7 Å². The van der Waals surface area contributed by atoms with E-state index in [2.05, 4.69) is 25.6 Å². The van der Waals surface area contributed by atoms with Gasteiger partial charge in [-0.05, 0) is 32.6 Å². The van der Waals surface area contributed by atoms with Crippen molar-refractivity contribution in [2.45, 2.75) is 19.0 Å². The maximum absolute atomic E-state index is 12.8. The minimum absolute atomic E-state index is 0.120. The van der Waals surface area contributed by atoms with Gasteiger partial charge in [0.1, 0.15) is 4.88 Å². The smallest absolute Gasteiger partial charge is 0.306 e. The summed E-state index contributed by atoms with van der Waals surface area (Å²) in [5.74, 6) is -1.18. The molecule has 12 heteroatoms. The highest BCUT2D eigenvalue weighted by molar-refractivity contribution is 7.15. The van der Waals surface area contributed by atoms with Gasteiger partial charge in [-0.3, -0.25) is 14.6 Å². The third kappa shape index (κ3) is 7.42. The first kappa shape index (κ1) is 26.0. The molecule has 1 aromatic carbocycles. The summed E-state index contributed by atoms with van der Waals surface area (Å²) >= 11 is 0.369. The number of benzene rings is 1. The van der Waals surface area contributed by atoms with Crippen LogP contribution in [-0.2, 0) is 15.8 Å². The second-order valence-corrected chi connectivity index (χ2v) is 8.84. The van der Waals surface area contributed by atoms with Crippen molar-refractivity contribution in [3.63, 3.8) is 0 Å². The molecular formula is C23H23F3N6O2S. The largest absolute Gasteiger partial charge is 0.427 e. The van der Waals surface area contributed by atoms with Gasteiger partial charge in [0, 0.05) is 18.2 Å². The van der Waals surface area contributed by atoms with Crippen LogP contribution in [0, 0.1) is 0 Å². The maximum Gasteiger partial charge on any atom is 0.427 e. The summed E-state index contributed by atoms with van der Waals surface area (Å²) in [5, 5.41) is 4.94. The van der Waals surface area contributed by atoms with E-state index in [1.165, 1.54) is 18.5 Å². The molecule has 184 valence electrons. The van der Waals surface area contributed by atoms with Crippen molar-refractivity contribution in [1.82, 2.24) is 19.9 Å². The van der Waals surface area contributed by atoms with Crippen LogP contribution in [0.5, 0.6) is 0 Å². The van der Waals surface area contributed by atoms with Crippen LogP contribution in [0.2, 0.25) is 0 Å². The van der Waals surface area contributed by atoms with Crippen LogP contribution in [0.15, 0.2) is 55.0 Å². The fraction of sp³-hybridized carbons (Fsp3) is 0.261. The zero-order valence-corrected chi connectivity index (χ0v) is 19.9. The number of nitrogens with one attached hydrogen (secondary N) is 2. The van der Waals surface area contributed by atoms with Crippen LogP contribution in [0.3, 0.4) is 0 Å². The predicted molar refractivity (Wildman–Crippen MR) is 128 cm³/mol. The average molecular weight is 505 g/mol. The van der Waals surface area contributed by atoms with Gasteiger partial charge in [0.2, 0.25) is 11.8 Å². The van der Waals surface area contributed by atoms with Crippen LogP contribution >= 0.6 is 11.3 Å². The van der Waals surface area contributed by atoms with Gasteiger partial charge in [0.15, 0.2) is 10.9 Å². The van der Waals surface area contributed by atoms with Crippen molar-refractivity contribution in [2.75, 3.05) is 31.3 Å². The lowest BCUT2D eigenvalue weighted by Crippen LogP contribution is -2.18. The van der Waals surface area contributed by atoms with Gasteiger partial charge in [-0.1, -0.05) is 35.6 Å². The van der Waals surface area contributed by atoms with E-state index < -0.39 is 22.9 Å². The second-order valence-electron chi connectivity index (χ2n) is 7.80. The number of hydrogen-bond donors (Lipinski definition) is 2. The number of rotatable bonds is 8. The minimum atomic E-state index is -4.51. The Morgan fingerprint density at radius 1 is 1.11 bits per heavy atom. The minimum Gasteiger partial charge on any atom is -0.306 e. The lowest BCUT2D eigenvalue weighted by atomic mass is 9.97. The molecule has 0 bridgehead atoms. The Morgan fingerprint density at radius 3 is 2.51 bits per heavy atom. The third-order valence-corrected chi connectivity index (χ3v) is 5.69. The van der Waals surface area contributed by atoms with Crippen molar-refractivity contribution in [3.05, 3.63) is 65.4 Å². The number of hydrogen-bond acceptors (Lipinski definition) is 7. The van der Waals surface area contributed by atoms with Crippen LogP contribution < -0.4 is 10.6 Å². The van der Waals surface area contributed by atoms with Gasteiger partial charge in [-0.2, -0.15) is 13.2 Å². The maximum atomic E-state index is 12.8. The molecule has 0 aliphatic carbocycles. The van der Waals surface area contributed by atoms with Crippen molar-refractivity contribution >= 4 is 34.1 Å². The van der Waals surface area contributed by atoms with E-state index in [9.17, 15) is 22.8 Å². The number of thiazole rings is 1. The molecule has 2 N–H and O–H groups in total. The Labute approximate surface area is 203 Å². The molecule has 0 unspecified atom stereocenters. The number of nitrogens with zero attached hydrogens (tertiary/aromatic N) is 4. The van der Waals surface area contributed by atoms with Crippen LogP contribution in [0.1, 0.15) is 23.3 Å². The van der Waals surface area contributed by atoms with E-state index in [0.717, 1.165) is 0 Å². The Kier molecular flexibility index (Phi) is 8.30. The van der Waals surface area contributed by atoms with Crippen LogP contribution in [0.4, 0.5) is 24.1 Å². The number of anilines is 2. The molecule has 0 aliphatic heterocycles. The second kappa shape index (κ2) is 11.2. The monoisotopic (exact) mass is 504 g/mol. The summed E-state index contributed by atoms with van der Waals surface area (Å²) < 4.78 is 38.3. The summed E-state index contributed by atoms with van der Waals surface area (Å²) in [6, 6.07) is 7.02. The SMILES string of the molecule is C[C@H](C(=O)Nc1ncc(C(F)(F)F)s1)c1cccc(-c2cnc(NC(=O)/C=C/CN(C)C)cn2)c1. The van der Waals surface area contributed by atoms with Gasteiger partial charge in [-0.15, -0.1) is 0 Å². The molecule has 0 spiro atoms. The van der Waals surface area contributed by atoms with Crippen molar-refractivity contribution in [1.29, 1.82) is 0 Å². The molecule has 0 aliphatic rings. The molecule has 0 saturated carbocycles. The van der Waals surface area contributed by atoms with E-state index in [1.54, 1.807) is 37.3 Å². The fourth-order valence-corrected chi connectivity index (χ4v) is 3.56. The summed E-state index contributed by atoms with van der Waals surface area (Å²) in [6.07, 6.45) is 2.25. The third-order valence-electron chi connectivity index (χ3n) is 4.73. The average Bonchev–Trinajstić information content (AvgIpc) is 3.28. The Morgan fingerprint density at radius 2 is 1.89 bits per heavy atom. The van der Waals surface area contributed by atoms with Gasteiger partial charge >= 0.3 is 6.18 Å². The summed E-state index contributed by atoms with van der Waals surface area (Å²) in [4.78, 5) is 37.7. The Balaban J connectivity index is 1.65. The number of amides is 2. The number of carbonyl (C=O) groups excluding carboxylic acids is 2. The first-order valence-electron chi connectivity index (χ1n) is 10.4. The molecule has 3 rings (SSSR count). The lowest BCUT2D eigenvalue weighted by molar-refractivity contribution is -0.134. The standard InChI is InChI=1S/C23H23F3N6O2S/c1-14(21(34)31-22-29-12-18(35-22)23(24,25)26)15-6-4-7-16(10-15)17-11-28-19(13-27-17)30-20(33)8-5-9-32(2)3/h4-8,10-14H,9H2,1-3H3,(H,28,30,33)(H,29,31,34)/b8-5+/t14-/m0/s1. The quantitative estimate of drug-likeness (QED) is 0.441. The first-order chi connectivity index (χ1) is 16.5.